The number of nitrogens with zero attached hydrogens (tertiary/aromatic N) is 6. The Morgan fingerprint density at radius 1 is 0.971 bits per heavy atom. The Bertz CT molecular complexity index is 1470. The molecule has 3 heterocycles. The van der Waals surface area contributed by atoms with Crippen molar-refractivity contribution in [1.29, 1.82) is 0 Å². The largest absolute Gasteiger partial charge is 0.493 e. The lowest BCUT2D eigenvalue weighted by molar-refractivity contribution is 0.355. The van der Waals surface area contributed by atoms with Crippen molar-refractivity contribution in [3.63, 3.8) is 0 Å². The molecule has 2 aromatic carbocycles. The third-order valence-electron chi connectivity index (χ3n) is 5.84. The maximum atomic E-state index is 5.50. The Hall–Kier alpha value is -3.79. The van der Waals surface area contributed by atoms with Crippen LogP contribution in [0, 0.1) is 0 Å². The number of hydrogen-bond donors (Lipinski definition) is 0. The summed E-state index contributed by atoms with van der Waals surface area (Å²) in [6.07, 6.45) is 2.16. The van der Waals surface area contributed by atoms with Crippen molar-refractivity contribution >= 4 is 22.7 Å². The van der Waals surface area contributed by atoms with Crippen molar-refractivity contribution in [1.82, 2.24) is 29.5 Å². The van der Waals surface area contributed by atoms with E-state index in [1.165, 1.54) is 22.7 Å². The summed E-state index contributed by atoms with van der Waals surface area (Å²) in [4.78, 5) is 4.55. The van der Waals surface area contributed by atoms with Crippen molar-refractivity contribution in [2.45, 2.75) is 37.8 Å². The molecular weight excluding hydrogens is 464 g/mol. The smallest absolute Gasteiger partial charge is 0.237 e. The van der Waals surface area contributed by atoms with Gasteiger partial charge in [0, 0.05) is 41.3 Å². The Morgan fingerprint density at radius 3 is 2.57 bits per heavy atom. The van der Waals surface area contributed by atoms with Crippen molar-refractivity contribution in [2.24, 2.45) is 0 Å². The second-order valence-electron chi connectivity index (χ2n) is 7.77. The highest BCUT2D eigenvalue weighted by Gasteiger charge is 2.19. The predicted octanol–water partition coefficient (Wildman–Crippen LogP) is 5.30. The van der Waals surface area contributed by atoms with Crippen LogP contribution >= 0.6 is 11.8 Å². The molecular formula is C25H26N6O3S. The minimum Gasteiger partial charge on any atom is -0.493 e. The van der Waals surface area contributed by atoms with Crippen LogP contribution < -0.4 is 9.47 Å². The number of aromatic nitrogens is 6. The van der Waals surface area contributed by atoms with Gasteiger partial charge in [0.2, 0.25) is 11.7 Å². The van der Waals surface area contributed by atoms with Crippen molar-refractivity contribution in [3.8, 4) is 34.3 Å². The summed E-state index contributed by atoms with van der Waals surface area (Å²) in [6, 6.07) is 13.9. The first-order valence-corrected chi connectivity index (χ1v) is 12.3. The molecule has 0 spiro atoms. The molecule has 5 rings (SSSR count). The van der Waals surface area contributed by atoms with Gasteiger partial charge in [-0.25, -0.2) is 0 Å². The van der Waals surface area contributed by atoms with E-state index in [1.807, 2.05) is 18.2 Å². The fourth-order valence-corrected chi connectivity index (χ4v) is 4.94. The molecule has 0 aliphatic carbocycles. The molecule has 0 amide bonds. The Balaban J connectivity index is 1.38. The molecule has 35 heavy (non-hydrogen) atoms. The molecule has 0 aliphatic heterocycles. The first kappa shape index (κ1) is 23.0. The fraction of sp³-hybridized carbons (Fsp3) is 0.280. The summed E-state index contributed by atoms with van der Waals surface area (Å²) < 4.78 is 20.5. The first-order valence-electron chi connectivity index (χ1n) is 11.4. The summed E-state index contributed by atoms with van der Waals surface area (Å²) in [5.74, 6) is 3.59. The summed E-state index contributed by atoms with van der Waals surface area (Å²) in [7, 11) is 3.20. The zero-order valence-electron chi connectivity index (χ0n) is 20.1. The summed E-state index contributed by atoms with van der Waals surface area (Å²) in [6.45, 7) is 5.87. The lowest BCUT2D eigenvalue weighted by atomic mass is 10.1. The SMILES string of the molecule is CCn1c(SCc2nc(-c3ccc(OC)c(OC)c3)no2)nnc1-c1cn(CC)c2ccccc12. The van der Waals surface area contributed by atoms with E-state index in [9.17, 15) is 0 Å². The third-order valence-corrected chi connectivity index (χ3v) is 6.79. The lowest BCUT2D eigenvalue weighted by Crippen LogP contribution is -2.00. The minimum atomic E-state index is 0.481. The molecule has 0 aliphatic rings. The number of methoxy groups -OCH3 is 2. The molecule has 0 fully saturated rings. The molecule has 9 nitrogen and oxygen atoms in total. The van der Waals surface area contributed by atoms with E-state index < -0.39 is 0 Å². The average Bonchev–Trinajstić information content (AvgIpc) is 3.63. The number of ether oxygens (including phenoxy) is 2. The average molecular weight is 491 g/mol. The number of aryl methyl sites for hydroxylation is 1. The Morgan fingerprint density at radius 2 is 1.80 bits per heavy atom. The number of fused-ring (bicyclic) bond motifs is 1. The number of hydrogen-bond acceptors (Lipinski definition) is 8. The van der Waals surface area contributed by atoms with Crippen LogP contribution in [0.25, 0.3) is 33.7 Å². The summed E-state index contributed by atoms with van der Waals surface area (Å²) in [5, 5.41) is 15.1. The molecule has 0 radical (unpaired) electrons. The van der Waals surface area contributed by atoms with E-state index in [0.717, 1.165) is 35.2 Å². The van der Waals surface area contributed by atoms with Gasteiger partial charge in [0.15, 0.2) is 22.5 Å². The Kier molecular flexibility index (Phi) is 6.45. The zero-order chi connectivity index (χ0) is 24.4. The van der Waals surface area contributed by atoms with Gasteiger partial charge in [-0.1, -0.05) is 35.1 Å². The third kappa shape index (κ3) is 4.25. The maximum Gasteiger partial charge on any atom is 0.237 e. The van der Waals surface area contributed by atoms with Crippen LogP contribution in [-0.2, 0) is 18.8 Å². The predicted molar refractivity (Wildman–Crippen MR) is 135 cm³/mol. The molecule has 0 saturated heterocycles. The zero-order valence-corrected chi connectivity index (χ0v) is 20.9. The second-order valence-corrected chi connectivity index (χ2v) is 8.71. The topological polar surface area (TPSA) is 93.0 Å². The monoisotopic (exact) mass is 490 g/mol. The van der Waals surface area contributed by atoms with E-state index in [2.05, 4.69) is 73.8 Å². The number of rotatable bonds is 9. The van der Waals surface area contributed by atoms with E-state index >= 15 is 0 Å². The van der Waals surface area contributed by atoms with E-state index in [4.69, 9.17) is 14.0 Å². The van der Waals surface area contributed by atoms with Crippen molar-refractivity contribution in [3.05, 3.63) is 54.6 Å². The van der Waals surface area contributed by atoms with Crippen molar-refractivity contribution < 1.29 is 14.0 Å². The van der Waals surface area contributed by atoms with Gasteiger partial charge in [-0.15, -0.1) is 10.2 Å². The van der Waals surface area contributed by atoms with Gasteiger partial charge in [0.1, 0.15) is 0 Å². The van der Waals surface area contributed by atoms with Crippen LogP contribution in [0.5, 0.6) is 11.5 Å². The molecule has 0 bridgehead atoms. The van der Waals surface area contributed by atoms with E-state index in [1.54, 1.807) is 14.2 Å². The molecule has 10 heteroatoms. The second kappa shape index (κ2) is 9.83. The van der Waals surface area contributed by atoms with E-state index in [-0.39, 0.29) is 0 Å². The van der Waals surface area contributed by atoms with Crippen molar-refractivity contribution in [2.75, 3.05) is 14.2 Å². The number of thioether (sulfide) groups is 1. The van der Waals surface area contributed by atoms with Gasteiger partial charge < -0.3 is 23.1 Å². The van der Waals surface area contributed by atoms with Crippen LogP contribution in [0.2, 0.25) is 0 Å². The lowest BCUT2D eigenvalue weighted by Gasteiger charge is -2.07. The molecule has 0 atom stereocenters. The van der Waals surface area contributed by atoms with Gasteiger partial charge in [-0.3, -0.25) is 0 Å². The van der Waals surface area contributed by atoms with Crippen LogP contribution in [0.15, 0.2) is 58.3 Å². The van der Waals surface area contributed by atoms with Crippen LogP contribution in [0.3, 0.4) is 0 Å². The number of benzene rings is 2. The molecule has 0 saturated carbocycles. The summed E-state index contributed by atoms with van der Waals surface area (Å²) in [5.41, 5.74) is 3.06. The number of para-hydroxylation sites is 1. The standard InChI is InChI=1S/C25H26N6O3S/c1-5-30-14-18(17-9-7-8-10-19(17)30)24-27-28-25(31(24)6-2)35-15-22-26-23(29-34-22)16-11-12-20(32-3)21(13-16)33-4/h7-14H,5-6,15H2,1-4H3. The summed E-state index contributed by atoms with van der Waals surface area (Å²) >= 11 is 1.52. The molecule has 180 valence electrons. The molecule has 5 aromatic rings. The molecule has 3 aromatic heterocycles. The van der Waals surface area contributed by atoms with Gasteiger partial charge in [-0.2, -0.15) is 4.98 Å². The van der Waals surface area contributed by atoms with Gasteiger partial charge in [0.25, 0.3) is 0 Å². The van der Waals surface area contributed by atoms with Gasteiger partial charge >= 0.3 is 0 Å². The van der Waals surface area contributed by atoms with Crippen LogP contribution in [0.1, 0.15) is 19.7 Å². The molecule has 0 N–H and O–H groups in total. The Labute approximate surface area is 207 Å². The van der Waals surface area contributed by atoms with Gasteiger partial charge in [-0.05, 0) is 38.1 Å². The van der Waals surface area contributed by atoms with Gasteiger partial charge in [0.05, 0.1) is 20.0 Å². The quantitative estimate of drug-likeness (QED) is 0.257. The first-order chi connectivity index (χ1) is 17.2. The fourth-order valence-electron chi connectivity index (χ4n) is 4.10. The van der Waals surface area contributed by atoms with Crippen LogP contribution in [0.4, 0.5) is 0 Å². The molecule has 0 unspecified atom stereocenters. The highest BCUT2D eigenvalue weighted by molar-refractivity contribution is 7.98. The highest BCUT2D eigenvalue weighted by Crippen LogP contribution is 2.34. The minimum absolute atomic E-state index is 0.481. The maximum absolute atomic E-state index is 5.50. The van der Waals surface area contributed by atoms with Crippen LogP contribution in [-0.4, -0.2) is 43.7 Å². The highest BCUT2D eigenvalue weighted by atomic mass is 32.2. The normalized spacial score (nSPS) is 11.3. The van der Waals surface area contributed by atoms with E-state index in [0.29, 0.717) is 29.0 Å².